The Labute approximate surface area is 89.4 Å². The summed E-state index contributed by atoms with van der Waals surface area (Å²) < 4.78 is 4.48. The normalized spacial score (nSPS) is 14.9. The first-order valence-electron chi connectivity index (χ1n) is 4.50. The molecular formula is C9H19NO3S. The number of nitrogens with one attached hydrogen (secondary N) is 1. The van der Waals surface area contributed by atoms with Crippen molar-refractivity contribution in [1.82, 2.24) is 5.32 Å². The highest BCUT2D eigenvalue weighted by Gasteiger charge is 2.18. The first kappa shape index (κ1) is 13.7. The van der Waals surface area contributed by atoms with Crippen LogP contribution >= 0.6 is 11.8 Å². The lowest BCUT2D eigenvalue weighted by molar-refractivity contribution is -0.140. The van der Waals surface area contributed by atoms with E-state index in [1.165, 1.54) is 7.11 Å². The summed E-state index contributed by atoms with van der Waals surface area (Å²) in [7, 11) is 1.37. The molecule has 0 rings (SSSR count). The van der Waals surface area contributed by atoms with Crippen LogP contribution in [0.5, 0.6) is 0 Å². The number of methoxy groups -OCH3 is 1. The molecule has 5 heteroatoms. The molecule has 0 aliphatic carbocycles. The van der Waals surface area contributed by atoms with Gasteiger partial charge in [-0.05, 0) is 13.2 Å². The summed E-state index contributed by atoms with van der Waals surface area (Å²) in [6.45, 7) is 2.80. The zero-order chi connectivity index (χ0) is 11.0. The van der Waals surface area contributed by atoms with Gasteiger partial charge in [-0.2, -0.15) is 11.8 Å². The van der Waals surface area contributed by atoms with Gasteiger partial charge in [0.25, 0.3) is 0 Å². The van der Waals surface area contributed by atoms with Crippen molar-refractivity contribution >= 4 is 17.7 Å². The predicted octanol–water partition coefficient (Wildman–Crippen LogP) is 0.253. The molecule has 14 heavy (non-hydrogen) atoms. The second kappa shape index (κ2) is 7.09. The number of ether oxygens (including phenoxy) is 1. The van der Waals surface area contributed by atoms with Gasteiger partial charge in [-0.15, -0.1) is 0 Å². The smallest absolute Gasteiger partial charge is 0.306 e. The minimum Gasteiger partial charge on any atom is -0.469 e. The lowest BCUT2D eigenvalue weighted by atomic mass is 10.1. The summed E-state index contributed by atoms with van der Waals surface area (Å²) in [5.41, 5.74) is -0.713. The molecule has 84 valence electrons. The molecule has 0 aromatic rings. The number of hydrogen-bond donors (Lipinski definition) is 2. The fourth-order valence-corrected chi connectivity index (χ4v) is 1.74. The van der Waals surface area contributed by atoms with E-state index in [0.717, 1.165) is 0 Å². The van der Waals surface area contributed by atoms with E-state index < -0.39 is 5.60 Å². The average molecular weight is 221 g/mol. The number of rotatable bonds is 7. The molecule has 0 saturated heterocycles. The molecule has 0 fully saturated rings. The Bertz CT molecular complexity index is 173. The van der Waals surface area contributed by atoms with Gasteiger partial charge in [-0.1, -0.05) is 0 Å². The first-order valence-corrected chi connectivity index (χ1v) is 5.90. The molecule has 0 saturated carbocycles. The van der Waals surface area contributed by atoms with Crippen LogP contribution in [0.25, 0.3) is 0 Å². The van der Waals surface area contributed by atoms with Gasteiger partial charge in [0, 0.05) is 18.8 Å². The minimum atomic E-state index is -0.713. The Balaban J connectivity index is 3.48. The van der Waals surface area contributed by atoms with Crippen molar-refractivity contribution in [3.05, 3.63) is 0 Å². The maximum atomic E-state index is 10.7. The number of aliphatic hydroxyl groups is 1. The summed E-state index contributed by atoms with van der Waals surface area (Å²) in [6, 6.07) is 0. The molecule has 0 bridgehead atoms. The standard InChI is InChI=1S/C9H19NO3S/c1-9(12,7-14-3)6-10-5-4-8(11)13-2/h10,12H,4-7H2,1-3H3. The van der Waals surface area contributed by atoms with Crippen molar-refractivity contribution < 1.29 is 14.6 Å². The van der Waals surface area contributed by atoms with Crippen molar-refractivity contribution in [3.8, 4) is 0 Å². The van der Waals surface area contributed by atoms with E-state index in [9.17, 15) is 9.90 Å². The van der Waals surface area contributed by atoms with E-state index in [2.05, 4.69) is 10.1 Å². The van der Waals surface area contributed by atoms with Crippen LogP contribution in [-0.4, -0.2) is 48.9 Å². The molecule has 0 aromatic carbocycles. The SMILES string of the molecule is COC(=O)CCNCC(C)(O)CSC. The van der Waals surface area contributed by atoms with Gasteiger partial charge in [-0.3, -0.25) is 4.79 Å². The quantitative estimate of drug-likeness (QED) is 0.477. The lowest BCUT2D eigenvalue weighted by Gasteiger charge is -2.22. The third-order valence-corrected chi connectivity index (χ3v) is 2.61. The lowest BCUT2D eigenvalue weighted by Crippen LogP contribution is -2.40. The number of hydrogen-bond acceptors (Lipinski definition) is 5. The first-order chi connectivity index (χ1) is 6.52. The molecule has 1 unspecified atom stereocenters. The summed E-state index contributed by atoms with van der Waals surface area (Å²) in [5, 5.41) is 12.7. The maximum absolute atomic E-state index is 10.7. The average Bonchev–Trinajstić information content (AvgIpc) is 2.12. The molecule has 2 N–H and O–H groups in total. The fraction of sp³-hybridized carbons (Fsp3) is 0.889. The van der Waals surface area contributed by atoms with Crippen LogP contribution in [-0.2, 0) is 9.53 Å². The van der Waals surface area contributed by atoms with E-state index in [-0.39, 0.29) is 5.97 Å². The number of carbonyl (C=O) groups excluding carboxylic acids is 1. The third-order valence-electron chi connectivity index (χ3n) is 1.69. The molecule has 1 atom stereocenters. The van der Waals surface area contributed by atoms with Crippen molar-refractivity contribution in [3.63, 3.8) is 0 Å². The fourth-order valence-electron chi connectivity index (χ4n) is 1.01. The van der Waals surface area contributed by atoms with Crippen LogP contribution in [0.4, 0.5) is 0 Å². The van der Waals surface area contributed by atoms with Crippen molar-refractivity contribution in [2.24, 2.45) is 0 Å². The van der Waals surface area contributed by atoms with Gasteiger partial charge < -0.3 is 15.2 Å². The summed E-state index contributed by atoms with van der Waals surface area (Å²) >= 11 is 1.60. The molecule has 0 radical (unpaired) electrons. The van der Waals surface area contributed by atoms with Gasteiger partial charge in [-0.25, -0.2) is 0 Å². The summed E-state index contributed by atoms with van der Waals surface area (Å²) in [6.07, 6.45) is 2.29. The Kier molecular flexibility index (Phi) is 6.96. The summed E-state index contributed by atoms with van der Waals surface area (Å²) in [5.74, 6) is 0.445. The van der Waals surface area contributed by atoms with E-state index >= 15 is 0 Å². The van der Waals surface area contributed by atoms with Crippen LogP contribution in [0.1, 0.15) is 13.3 Å². The second-order valence-electron chi connectivity index (χ2n) is 3.43. The zero-order valence-electron chi connectivity index (χ0n) is 9.00. The largest absolute Gasteiger partial charge is 0.469 e. The van der Waals surface area contributed by atoms with E-state index in [4.69, 9.17) is 0 Å². The predicted molar refractivity (Wildman–Crippen MR) is 58.5 cm³/mol. The number of carbonyl (C=O) groups is 1. The molecule has 0 aliphatic heterocycles. The molecule has 0 aromatic heterocycles. The van der Waals surface area contributed by atoms with Crippen LogP contribution in [0.2, 0.25) is 0 Å². The highest BCUT2D eigenvalue weighted by molar-refractivity contribution is 7.98. The van der Waals surface area contributed by atoms with E-state index in [1.807, 2.05) is 6.26 Å². The summed E-state index contributed by atoms with van der Waals surface area (Å²) in [4.78, 5) is 10.7. The Morgan fingerprint density at radius 1 is 1.64 bits per heavy atom. The van der Waals surface area contributed by atoms with E-state index in [1.54, 1.807) is 18.7 Å². The van der Waals surface area contributed by atoms with Gasteiger partial charge >= 0.3 is 5.97 Å². The highest BCUT2D eigenvalue weighted by Crippen LogP contribution is 2.08. The van der Waals surface area contributed by atoms with Crippen LogP contribution in [0.3, 0.4) is 0 Å². The second-order valence-corrected chi connectivity index (χ2v) is 4.30. The molecule has 4 nitrogen and oxygen atoms in total. The molecule has 0 heterocycles. The monoisotopic (exact) mass is 221 g/mol. The molecule has 0 spiro atoms. The highest BCUT2D eigenvalue weighted by atomic mass is 32.2. The number of esters is 1. The Hall–Kier alpha value is -0.260. The van der Waals surface area contributed by atoms with Gasteiger partial charge in [0.05, 0.1) is 19.1 Å². The third kappa shape index (κ3) is 7.17. The maximum Gasteiger partial charge on any atom is 0.306 e. The zero-order valence-corrected chi connectivity index (χ0v) is 9.82. The number of thioether (sulfide) groups is 1. The van der Waals surface area contributed by atoms with Crippen LogP contribution < -0.4 is 5.32 Å². The topological polar surface area (TPSA) is 58.6 Å². The van der Waals surface area contributed by atoms with Crippen LogP contribution in [0.15, 0.2) is 0 Å². The molecular weight excluding hydrogens is 202 g/mol. The van der Waals surface area contributed by atoms with Crippen molar-refractivity contribution in [2.75, 3.05) is 32.2 Å². The minimum absolute atomic E-state index is 0.234. The Morgan fingerprint density at radius 3 is 2.79 bits per heavy atom. The van der Waals surface area contributed by atoms with Crippen molar-refractivity contribution in [1.29, 1.82) is 0 Å². The van der Waals surface area contributed by atoms with Crippen LogP contribution in [0, 0.1) is 0 Å². The van der Waals surface area contributed by atoms with Gasteiger partial charge in [0.1, 0.15) is 0 Å². The Morgan fingerprint density at radius 2 is 2.29 bits per heavy atom. The van der Waals surface area contributed by atoms with E-state index in [0.29, 0.717) is 25.3 Å². The van der Waals surface area contributed by atoms with Gasteiger partial charge in [0.2, 0.25) is 0 Å². The van der Waals surface area contributed by atoms with Crippen molar-refractivity contribution in [2.45, 2.75) is 18.9 Å². The molecule has 0 amide bonds. The van der Waals surface area contributed by atoms with Gasteiger partial charge in [0.15, 0.2) is 0 Å². The molecule has 0 aliphatic rings.